The number of hydrogen-bond donors (Lipinski definition) is 1. The average Bonchev–Trinajstić information content (AvgIpc) is 2.97. The second kappa shape index (κ2) is 6.64. The summed E-state index contributed by atoms with van der Waals surface area (Å²) >= 11 is 6.22. The number of fused-ring (bicyclic) bond motifs is 1. The molecule has 0 radical (unpaired) electrons. The number of benzene rings is 2. The highest BCUT2D eigenvalue weighted by Crippen LogP contribution is 2.38. The molecule has 2 aromatic carbocycles. The molecule has 1 aliphatic rings. The van der Waals surface area contributed by atoms with E-state index in [0.717, 1.165) is 0 Å². The molecule has 0 saturated heterocycles. The second-order valence-electron chi connectivity index (χ2n) is 4.52. The Morgan fingerprint density at radius 1 is 1.22 bits per heavy atom. The minimum atomic E-state index is -2.64. The van der Waals surface area contributed by atoms with Crippen molar-refractivity contribution in [3.8, 4) is 11.5 Å². The van der Waals surface area contributed by atoms with Gasteiger partial charge in [0.2, 0.25) is 6.79 Å². The zero-order valence-corrected chi connectivity index (χ0v) is 13.1. The molecule has 0 aliphatic carbocycles. The molecule has 0 bridgehead atoms. The van der Waals surface area contributed by atoms with Gasteiger partial charge in [0.25, 0.3) is 11.7 Å². The summed E-state index contributed by atoms with van der Waals surface area (Å²) in [7, 11) is 0. The van der Waals surface area contributed by atoms with Crippen molar-refractivity contribution in [3.05, 3.63) is 47.0 Å². The zero-order chi connectivity index (χ0) is 16.4. The van der Waals surface area contributed by atoms with Gasteiger partial charge in [-0.25, -0.2) is 0 Å². The Morgan fingerprint density at radius 3 is 2.78 bits per heavy atom. The average molecular weight is 358 g/mol. The highest BCUT2D eigenvalue weighted by atomic mass is 35.5. The number of amides is 1. The highest BCUT2D eigenvalue weighted by Gasteiger charge is 2.19. The van der Waals surface area contributed by atoms with Gasteiger partial charge < -0.3 is 14.8 Å². The summed E-state index contributed by atoms with van der Waals surface area (Å²) in [5.41, 5.74) is 0.549. The Hall–Kier alpha value is -1.99. The number of nitrogens with one attached hydrogen (secondary N) is 1. The summed E-state index contributed by atoms with van der Waals surface area (Å²) in [6.07, 6.45) is 0. The van der Waals surface area contributed by atoms with Gasteiger partial charge in [-0.1, -0.05) is 29.4 Å². The molecule has 23 heavy (non-hydrogen) atoms. The van der Waals surface area contributed by atoms with Crippen molar-refractivity contribution >= 4 is 35.0 Å². The van der Waals surface area contributed by atoms with Crippen LogP contribution in [0.3, 0.4) is 0 Å². The number of halogens is 3. The lowest BCUT2D eigenvalue weighted by atomic mass is 10.2. The van der Waals surface area contributed by atoms with Crippen LogP contribution in [0.5, 0.6) is 11.5 Å². The minimum absolute atomic E-state index is 0.101. The number of thioether (sulfide) groups is 1. The second-order valence-corrected chi connectivity index (χ2v) is 5.92. The molecule has 0 unspecified atom stereocenters. The van der Waals surface area contributed by atoms with E-state index in [4.69, 9.17) is 21.1 Å². The normalized spacial score (nSPS) is 12.5. The quantitative estimate of drug-likeness (QED) is 0.810. The van der Waals surface area contributed by atoms with Gasteiger partial charge in [-0.2, -0.15) is 8.78 Å². The molecule has 0 fully saturated rings. The van der Waals surface area contributed by atoms with Crippen LogP contribution in [-0.2, 0) is 0 Å². The standard InChI is InChI=1S/C15H10ClF2NO3S/c16-9-2-1-3-10(13(9)23-15(17)18)19-14(20)8-4-5-11-12(6-8)22-7-21-11/h1-6,15H,7H2,(H,19,20). The van der Waals surface area contributed by atoms with Crippen molar-refractivity contribution in [2.45, 2.75) is 10.7 Å². The number of ether oxygens (including phenoxy) is 2. The maximum atomic E-state index is 12.7. The fourth-order valence-electron chi connectivity index (χ4n) is 2.05. The first kappa shape index (κ1) is 15.9. The Balaban J connectivity index is 1.84. The van der Waals surface area contributed by atoms with E-state index in [-0.39, 0.29) is 34.2 Å². The molecule has 1 aliphatic heterocycles. The Bertz CT molecular complexity index is 757. The smallest absolute Gasteiger partial charge is 0.289 e. The summed E-state index contributed by atoms with van der Waals surface area (Å²) in [5.74, 6) is -2.08. The third-order valence-electron chi connectivity index (χ3n) is 3.06. The van der Waals surface area contributed by atoms with Crippen molar-refractivity contribution < 1.29 is 23.0 Å². The van der Waals surface area contributed by atoms with E-state index < -0.39 is 11.7 Å². The molecular weight excluding hydrogens is 348 g/mol. The summed E-state index contributed by atoms with van der Waals surface area (Å²) in [6, 6.07) is 9.29. The van der Waals surface area contributed by atoms with E-state index in [1.165, 1.54) is 18.2 Å². The lowest BCUT2D eigenvalue weighted by Crippen LogP contribution is -2.12. The molecular formula is C15H10ClF2NO3S. The summed E-state index contributed by atoms with van der Waals surface area (Å²) in [4.78, 5) is 12.4. The maximum Gasteiger partial charge on any atom is 0.289 e. The molecule has 3 rings (SSSR count). The molecule has 1 amide bonds. The van der Waals surface area contributed by atoms with E-state index >= 15 is 0 Å². The zero-order valence-electron chi connectivity index (χ0n) is 11.5. The summed E-state index contributed by atoms with van der Waals surface area (Å²) in [6.45, 7) is 0.101. The lowest BCUT2D eigenvalue weighted by Gasteiger charge is -2.12. The molecule has 0 aromatic heterocycles. The van der Waals surface area contributed by atoms with Crippen LogP contribution in [-0.4, -0.2) is 18.5 Å². The van der Waals surface area contributed by atoms with Gasteiger partial charge in [0.1, 0.15) is 0 Å². The number of carbonyl (C=O) groups is 1. The van der Waals surface area contributed by atoms with E-state index in [2.05, 4.69) is 5.32 Å². The molecule has 0 spiro atoms. The van der Waals surface area contributed by atoms with Crippen LogP contribution in [0.25, 0.3) is 0 Å². The molecule has 1 heterocycles. The fraction of sp³-hybridized carbons (Fsp3) is 0.133. The highest BCUT2D eigenvalue weighted by molar-refractivity contribution is 7.99. The molecule has 0 saturated carbocycles. The monoisotopic (exact) mass is 357 g/mol. The summed E-state index contributed by atoms with van der Waals surface area (Å²) < 4.78 is 35.7. The van der Waals surface area contributed by atoms with Crippen molar-refractivity contribution in [1.82, 2.24) is 0 Å². The van der Waals surface area contributed by atoms with Crippen LogP contribution in [0, 0.1) is 0 Å². The molecule has 2 aromatic rings. The van der Waals surface area contributed by atoms with Crippen molar-refractivity contribution in [3.63, 3.8) is 0 Å². The largest absolute Gasteiger partial charge is 0.454 e. The van der Waals surface area contributed by atoms with E-state index in [1.54, 1.807) is 18.2 Å². The van der Waals surface area contributed by atoms with Crippen LogP contribution in [0.15, 0.2) is 41.3 Å². The summed E-state index contributed by atoms with van der Waals surface area (Å²) in [5, 5.41) is 2.74. The van der Waals surface area contributed by atoms with E-state index in [9.17, 15) is 13.6 Å². The first-order valence-corrected chi connectivity index (χ1v) is 7.74. The minimum Gasteiger partial charge on any atom is -0.454 e. The molecule has 0 atom stereocenters. The first-order chi connectivity index (χ1) is 11.0. The number of anilines is 1. The number of rotatable bonds is 4. The predicted molar refractivity (Wildman–Crippen MR) is 83.8 cm³/mol. The van der Waals surface area contributed by atoms with Gasteiger partial charge in [-0.15, -0.1) is 0 Å². The molecule has 8 heteroatoms. The predicted octanol–water partition coefficient (Wildman–Crippen LogP) is 4.64. The van der Waals surface area contributed by atoms with Crippen LogP contribution in [0.1, 0.15) is 10.4 Å². The van der Waals surface area contributed by atoms with Gasteiger partial charge in [0, 0.05) is 5.56 Å². The van der Waals surface area contributed by atoms with Gasteiger partial charge >= 0.3 is 0 Å². The van der Waals surface area contributed by atoms with Crippen LogP contribution in [0.2, 0.25) is 5.02 Å². The van der Waals surface area contributed by atoms with E-state index in [1.807, 2.05) is 0 Å². The van der Waals surface area contributed by atoms with Gasteiger partial charge in [0.05, 0.1) is 15.6 Å². The topological polar surface area (TPSA) is 47.6 Å². The van der Waals surface area contributed by atoms with E-state index in [0.29, 0.717) is 17.1 Å². The van der Waals surface area contributed by atoms with Crippen LogP contribution >= 0.6 is 23.4 Å². The number of alkyl halides is 2. The fourth-order valence-corrected chi connectivity index (χ4v) is 2.96. The van der Waals surface area contributed by atoms with Crippen molar-refractivity contribution in [1.29, 1.82) is 0 Å². The third-order valence-corrected chi connectivity index (χ3v) is 4.34. The van der Waals surface area contributed by atoms with Gasteiger partial charge in [0.15, 0.2) is 11.5 Å². The van der Waals surface area contributed by atoms with Crippen molar-refractivity contribution in [2.75, 3.05) is 12.1 Å². The number of hydrogen-bond acceptors (Lipinski definition) is 4. The van der Waals surface area contributed by atoms with Gasteiger partial charge in [-0.05, 0) is 30.3 Å². The Morgan fingerprint density at radius 2 is 2.00 bits per heavy atom. The van der Waals surface area contributed by atoms with Crippen LogP contribution < -0.4 is 14.8 Å². The SMILES string of the molecule is O=C(Nc1cccc(Cl)c1SC(F)F)c1ccc2c(c1)OCO2. The Kier molecular flexibility index (Phi) is 4.58. The third kappa shape index (κ3) is 3.51. The number of carbonyl (C=O) groups excluding carboxylic acids is 1. The van der Waals surface area contributed by atoms with Gasteiger partial charge in [-0.3, -0.25) is 4.79 Å². The van der Waals surface area contributed by atoms with Crippen LogP contribution in [0.4, 0.5) is 14.5 Å². The van der Waals surface area contributed by atoms with Crippen molar-refractivity contribution in [2.24, 2.45) is 0 Å². The molecule has 4 nitrogen and oxygen atoms in total. The maximum absolute atomic E-state index is 12.7. The molecule has 1 N–H and O–H groups in total. The first-order valence-electron chi connectivity index (χ1n) is 6.49. The Labute approximate surface area is 139 Å². The molecule has 120 valence electrons. The lowest BCUT2D eigenvalue weighted by molar-refractivity contribution is 0.102.